The van der Waals surface area contributed by atoms with E-state index in [0.717, 1.165) is 6.42 Å². The quantitative estimate of drug-likeness (QED) is 0.331. The van der Waals surface area contributed by atoms with Crippen LogP contribution in [0.4, 0.5) is 5.95 Å². The Labute approximate surface area is 106 Å². The van der Waals surface area contributed by atoms with Gasteiger partial charge in [0.2, 0.25) is 16.0 Å². The maximum atomic E-state index is 11.8. The SMILES string of the molecule is COCCCCNS(=O)(=O)c1cnc(NN)nc1. The maximum Gasteiger partial charge on any atom is 0.243 e. The molecule has 1 heterocycles. The van der Waals surface area contributed by atoms with Crippen LogP contribution < -0.4 is 16.0 Å². The number of hydrogen-bond acceptors (Lipinski definition) is 7. The monoisotopic (exact) mass is 275 g/mol. The molecule has 9 heteroatoms. The van der Waals surface area contributed by atoms with Crippen molar-refractivity contribution < 1.29 is 13.2 Å². The van der Waals surface area contributed by atoms with Gasteiger partial charge in [-0.3, -0.25) is 5.43 Å². The predicted octanol–water partition coefficient (Wildman–Crippen LogP) is -0.533. The average Bonchev–Trinajstić information content (AvgIpc) is 2.38. The summed E-state index contributed by atoms with van der Waals surface area (Å²) in [5.74, 6) is 5.24. The van der Waals surface area contributed by atoms with E-state index < -0.39 is 10.0 Å². The van der Waals surface area contributed by atoms with Gasteiger partial charge in [-0.15, -0.1) is 0 Å². The van der Waals surface area contributed by atoms with Gasteiger partial charge in [0.1, 0.15) is 4.90 Å². The summed E-state index contributed by atoms with van der Waals surface area (Å²) < 4.78 is 30.9. The number of rotatable bonds is 8. The van der Waals surface area contributed by atoms with Gasteiger partial charge in [0.25, 0.3) is 0 Å². The van der Waals surface area contributed by atoms with Crippen molar-refractivity contribution in [3.05, 3.63) is 12.4 Å². The second kappa shape index (κ2) is 7.21. The summed E-state index contributed by atoms with van der Waals surface area (Å²) in [6.45, 7) is 0.963. The van der Waals surface area contributed by atoms with E-state index >= 15 is 0 Å². The van der Waals surface area contributed by atoms with Crippen LogP contribution in [0, 0.1) is 0 Å². The van der Waals surface area contributed by atoms with Crippen molar-refractivity contribution >= 4 is 16.0 Å². The van der Waals surface area contributed by atoms with Crippen molar-refractivity contribution in [1.29, 1.82) is 0 Å². The van der Waals surface area contributed by atoms with Crippen LogP contribution in [0.25, 0.3) is 0 Å². The number of nitrogen functional groups attached to an aromatic ring is 1. The molecule has 0 fully saturated rings. The Morgan fingerprint density at radius 2 is 2.00 bits per heavy atom. The Kier molecular flexibility index (Phi) is 5.92. The zero-order chi connectivity index (χ0) is 13.4. The fraction of sp³-hybridized carbons (Fsp3) is 0.556. The minimum absolute atomic E-state index is 0.00763. The van der Waals surface area contributed by atoms with Crippen LogP contribution in [0.2, 0.25) is 0 Å². The van der Waals surface area contributed by atoms with Crippen molar-refractivity contribution in [3.63, 3.8) is 0 Å². The third-order valence-corrected chi connectivity index (χ3v) is 3.55. The average molecular weight is 275 g/mol. The number of unbranched alkanes of at least 4 members (excludes halogenated alkanes) is 1. The molecule has 0 aliphatic carbocycles. The van der Waals surface area contributed by atoms with Crippen molar-refractivity contribution in [3.8, 4) is 0 Å². The number of nitrogens with zero attached hydrogens (tertiary/aromatic N) is 2. The van der Waals surface area contributed by atoms with Gasteiger partial charge in [-0.25, -0.2) is 29.0 Å². The van der Waals surface area contributed by atoms with Crippen molar-refractivity contribution in [2.75, 3.05) is 25.7 Å². The molecule has 0 amide bonds. The highest BCUT2D eigenvalue weighted by Gasteiger charge is 2.14. The third kappa shape index (κ3) is 4.53. The second-order valence-corrected chi connectivity index (χ2v) is 5.25. The molecule has 0 spiro atoms. The number of nitrogens with two attached hydrogens (primary N) is 1. The number of sulfonamides is 1. The predicted molar refractivity (Wildman–Crippen MR) is 66.1 cm³/mol. The maximum absolute atomic E-state index is 11.8. The van der Waals surface area contributed by atoms with Gasteiger partial charge < -0.3 is 4.74 Å². The van der Waals surface area contributed by atoms with Crippen LogP contribution in [0.1, 0.15) is 12.8 Å². The molecule has 0 atom stereocenters. The summed E-state index contributed by atoms with van der Waals surface area (Å²) in [4.78, 5) is 7.48. The highest BCUT2D eigenvalue weighted by Crippen LogP contribution is 2.06. The molecule has 8 nitrogen and oxygen atoms in total. The van der Waals surface area contributed by atoms with Crippen LogP contribution >= 0.6 is 0 Å². The molecular formula is C9H17N5O3S. The van der Waals surface area contributed by atoms with Crippen LogP contribution in [0.5, 0.6) is 0 Å². The molecule has 102 valence electrons. The molecular weight excluding hydrogens is 258 g/mol. The molecule has 0 radical (unpaired) electrons. The Morgan fingerprint density at radius 1 is 1.33 bits per heavy atom. The lowest BCUT2D eigenvalue weighted by Crippen LogP contribution is -2.25. The lowest BCUT2D eigenvalue weighted by molar-refractivity contribution is 0.193. The lowest BCUT2D eigenvalue weighted by atomic mass is 10.3. The Morgan fingerprint density at radius 3 is 2.56 bits per heavy atom. The van der Waals surface area contributed by atoms with Gasteiger partial charge in [-0.2, -0.15) is 0 Å². The molecule has 18 heavy (non-hydrogen) atoms. The van der Waals surface area contributed by atoms with Crippen LogP contribution in [-0.4, -0.2) is 38.6 Å². The molecule has 0 unspecified atom stereocenters. The van der Waals surface area contributed by atoms with Crippen molar-refractivity contribution in [1.82, 2.24) is 14.7 Å². The second-order valence-electron chi connectivity index (χ2n) is 3.48. The fourth-order valence-corrected chi connectivity index (χ4v) is 2.15. The number of ether oxygens (including phenoxy) is 1. The molecule has 1 rings (SSSR count). The third-order valence-electron chi connectivity index (χ3n) is 2.13. The number of nitrogens with one attached hydrogen (secondary N) is 2. The van der Waals surface area contributed by atoms with Crippen LogP contribution in [-0.2, 0) is 14.8 Å². The van der Waals surface area contributed by atoms with E-state index in [0.29, 0.717) is 19.6 Å². The molecule has 1 aromatic rings. The Bertz CT molecular complexity index is 448. The van der Waals surface area contributed by atoms with E-state index in [9.17, 15) is 8.42 Å². The van der Waals surface area contributed by atoms with E-state index in [2.05, 4.69) is 20.1 Å². The first kappa shape index (κ1) is 14.8. The molecule has 0 aliphatic rings. The molecule has 0 aliphatic heterocycles. The number of hydrazine groups is 1. The molecule has 1 aromatic heterocycles. The zero-order valence-electron chi connectivity index (χ0n) is 10.1. The molecule has 4 N–H and O–H groups in total. The topological polar surface area (TPSA) is 119 Å². The first-order valence-corrected chi connectivity index (χ1v) is 6.85. The Balaban J connectivity index is 2.51. The number of aromatic nitrogens is 2. The number of hydrogen-bond donors (Lipinski definition) is 3. The smallest absolute Gasteiger partial charge is 0.243 e. The van der Waals surface area contributed by atoms with E-state index in [1.165, 1.54) is 12.4 Å². The molecule has 0 saturated carbocycles. The summed E-state index contributed by atoms with van der Waals surface area (Å²) in [5.41, 5.74) is 2.22. The highest BCUT2D eigenvalue weighted by atomic mass is 32.2. The van der Waals surface area contributed by atoms with E-state index in [1.54, 1.807) is 7.11 Å². The van der Waals surface area contributed by atoms with Gasteiger partial charge in [-0.05, 0) is 12.8 Å². The molecule has 0 saturated heterocycles. The highest BCUT2D eigenvalue weighted by molar-refractivity contribution is 7.89. The summed E-state index contributed by atoms with van der Waals surface area (Å²) in [5, 5.41) is 0. The summed E-state index contributed by atoms with van der Waals surface area (Å²) >= 11 is 0. The van der Waals surface area contributed by atoms with Crippen molar-refractivity contribution in [2.45, 2.75) is 17.7 Å². The summed E-state index contributed by atoms with van der Waals surface area (Å²) in [7, 11) is -1.95. The van der Waals surface area contributed by atoms with Crippen LogP contribution in [0.3, 0.4) is 0 Å². The number of methoxy groups -OCH3 is 1. The standard InChI is InChI=1S/C9H17N5O3S/c1-17-5-3-2-4-13-18(15,16)8-6-11-9(14-10)12-7-8/h6-7,13H,2-5,10H2,1H3,(H,11,12,14). The first-order chi connectivity index (χ1) is 8.60. The fourth-order valence-electron chi connectivity index (χ4n) is 1.19. The Hall–Kier alpha value is -1.29. The van der Waals surface area contributed by atoms with Crippen LogP contribution in [0.15, 0.2) is 17.3 Å². The first-order valence-electron chi connectivity index (χ1n) is 5.37. The number of anilines is 1. The molecule has 0 bridgehead atoms. The van der Waals surface area contributed by atoms with Gasteiger partial charge >= 0.3 is 0 Å². The zero-order valence-corrected chi connectivity index (χ0v) is 10.9. The minimum atomic E-state index is -3.56. The summed E-state index contributed by atoms with van der Waals surface area (Å²) in [6.07, 6.45) is 3.89. The summed E-state index contributed by atoms with van der Waals surface area (Å²) in [6, 6.07) is 0. The van der Waals surface area contributed by atoms with Gasteiger partial charge in [-0.1, -0.05) is 0 Å². The van der Waals surface area contributed by atoms with E-state index in [1.807, 2.05) is 0 Å². The van der Waals surface area contributed by atoms with Gasteiger partial charge in [0, 0.05) is 20.3 Å². The van der Waals surface area contributed by atoms with E-state index in [-0.39, 0.29) is 10.8 Å². The van der Waals surface area contributed by atoms with E-state index in [4.69, 9.17) is 10.6 Å². The van der Waals surface area contributed by atoms with Crippen molar-refractivity contribution in [2.24, 2.45) is 5.84 Å². The largest absolute Gasteiger partial charge is 0.385 e. The molecule has 0 aromatic carbocycles. The lowest BCUT2D eigenvalue weighted by Gasteiger charge is -2.06. The minimum Gasteiger partial charge on any atom is -0.385 e. The van der Waals surface area contributed by atoms with Gasteiger partial charge in [0.05, 0.1) is 12.4 Å². The normalized spacial score (nSPS) is 11.4. The van der Waals surface area contributed by atoms with Gasteiger partial charge in [0.15, 0.2) is 0 Å².